The third-order valence-electron chi connectivity index (χ3n) is 2.22. The number of benzene rings is 1. The monoisotopic (exact) mass is 252 g/mol. The Hall–Kier alpha value is -2.04. The van der Waals surface area contributed by atoms with Crippen LogP contribution in [-0.4, -0.2) is 11.3 Å². The van der Waals surface area contributed by atoms with E-state index in [9.17, 15) is 13.2 Å². The fraction of sp³-hybridized carbons (Fsp3) is 0.0769. The largest absolute Gasteiger partial charge is 0.573 e. The Morgan fingerprint density at radius 1 is 1.17 bits per heavy atom. The van der Waals surface area contributed by atoms with Crippen molar-refractivity contribution < 1.29 is 17.9 Å². The SMILES string of the molecule is C=C[CH]c1ccc2cccc(OC(F)(F)F)c2n1. The first-order chi connectivity index (χ1) is 8.49. The molecule has 1 heterocycles. The average Bonchev–Trinajstić information content (AvgIpc) is 2.28. The molecule has 5 heteroatoms. The number of halogens is 3. The molecule has 0 amide bonds. The van der Waals surface area contributed by atoms with Gasteiger partial charge < -0.3 is 4.74 Å². The molecule has 2 rings (SSSR count). The van der Waals surface area contributed by atoms with Crippen LogP contribution in [0, 0.1) is 6.42 Å². The minimum absolute atomic E-state index is 0.172. The third kappa shape index (κ3) is 2.80. The molecule has 0 unspecified atom stereocenters. The minimum Gasteiger partial charge on any atom is -0.403 e. The molecule has 1 radical (unpaired) electrons. The van der Waals surface area contributed by atoms with Gasteiger partial charge in [0, 0.05) is 17.5 Å². The van der Waals surface area contributed by atoms with Crippen molar-refractivity contribution in [2.45, 2.75) is 6.36 Å². The summed E-state index contributed by atoms with van der Waals surface area (Å²) in [7, 11) is 0. The van der Waals surface area contributed by atoms with Crippen LogP contribution in [0.5, 0.6) is 5.75 Å². The van der Waals surface area contributed by atoms with Crippen LogP contribution < -0.4 is 4.74 Å². The lowest BCUT2D eigenvalue weighted by Crippen LogP contribution is -2.17. The van der Waals surface area contributed by atoms with Gasteiger partial charge in [-0.15, -0.1) is 19.8 Å². The van der Waals surface area contributed by atoms with Gasteiger partial charge in [0.25, 0.3) is 0 Å². The Morgan fingerprint density at radius 2 is 1.94 bits per heavy atom. The summed E-state index contributed by atoms with van der Waals surface area (Å²) in [6.45, 7) is 3.51. The van der Waals surface area contributed by atoms with Crippen LogP contribution in [0.1, 0.15) is 5.69 Å². The van der Waals surface area contributed by atoms with Crippen molar-refractivity contribution in [3.63, 3.8) is 0 Å². The number of rotatable bonds is 3. The summed E-state index contributed by atoms with van der Waals surface area (Å²) in [5, 5.41) is 0.581. The van der Waals surface area contributed by atoms with E-state index in [1.807, 2.05) is 0 Å². The molecule has 93 valence electrons. The smallest absolute Gasteiger partial charge is 0.403 e. The standard InChI is InChI=1S/C13H9F3NO/c1-2-4-10-8-7-9-5-3-6-11(12(9)17-10)18-13(14,15)16/h2-8H,1H2. The Balaban J connectivity index is 2.51. The van der Waals surface area contributed by atoms with E-state index in [1.165, 1.54) is 18.2 Å². The zero-order valence-corrected chi connectivity index (χ0v) is 9.24. The van der Waals surface area contributed by atoms with Crippen LogP contribution in [0.4, 0.5) is 13.2 Å². The van der Waals surface area contributed by atoms with Gasteiger partial charge >= 0.3 is 6.36 Å². The van der Waals surface area contributed by atoms with E-state index >= 15 is 0 Å². The summed E-state index contributed by atoms with van der Waals surface area (Å²) in [5.74, 6) is -0.306. The molecule has 0 spiro atoms. The van der Waals surface area contributed by atoms with E-state index in [0.29, 0.717) is 11.1 Å². The molecule has 2 nitrogen and oxygen atoms in total. The average molecular weight is 252 g/mol. The maximum atomic E-state index is 12.2. The molecular weight excluding hydrogens is 243 g/mol. The highest BCUT2D eigenvalue weighted by atomic mass is 19.4. The van der Waals surface area contributed by atoms with Gasteiger partial charge in [-0.1, -0.05) is 24.3 Å². The summed E-state index contributed by atoms with van der Waals surface area (Å²) in [4.78, 5) is 4.10. The number of hydrogen-bond donors (Lipinski definition) is 0. The molecule has 1 aromatic carbocycles. The van der Waals surface area contributed by atoms with Crippen molar-refractivity contribution in [1.82, 2.24) is 4.98 Å². The number of para-hydroxylation sites is 1. The fourth-order valence-corrected chi connectivity index (χ4v) is 1.56. The molecule has 0 aliphatic heterocycles. The maximum absolute atomic E-state index is 12.2. The van der Waals surface area contributed by atoms with E-state index in [4.69, 9.17) is 0 Å². The number of fused-ring (bicyclic) bond motifs is 1. The first-order valence-electron chi connectivity index (χ1n) is 5.11. The number of ether oxygens (including phenoxy) is 1. The maximum Gasteiger partial charge on any atom is 0.573 e. The summed E-state index contributed by atoms with van der Waals surface area (Å²) >= 11 is 0. The first kappa shape index (κ1) is 12.4. The highest BCUT2D eigenvalue weighted by Gasteiger charge is 2.32. The molecule has 0 fully saturated rings. The zero-order chi connectivity index (χ0) is 13.2. The molecule has 0 bridgehead atoms. The summed E-state index contributed by atoms with van der Waals surface area (Å²) in [6, 6.07) is 7.77. The Bertz CT molecular complexity index is 578. The lowest BCUT2D eigenvalue weighted by molar-refractivity contribution is -0.274. The van der Waals surface area contributed by atoms with Gasteiger partial charge in [0.1, 0.15) is 5.52 Å². The summed E-state index contributed by atoms with van der Waals surface area (Å²) in [5.41, 5.74) is 0.696. The van der Waals surface area contributed by atoms with Gasteiger partial charge in [-0.05, 0) is 12.1 Å². The molecular formula is C13H9F3NO. The minimum atomic E-state index is -4.73. The zero-order valence-electron chi connectivity index (χ0n) is 9.24. The molecule has 0 atom stereocenters. The summed E-state index contributed by atoms with van der Waals surface area (Å²) in [6.07, 6.45) is -1.61. The van der Waals surface area contributed by atoms with Crippen LogP contribution in [0.25, 0.3) is 10.9 Å². The van der Waals surface area contributed by atoms with Gasteiger partial charge in [-0.2, -0.15) is 0 Å². The molecule has 0 saturated carbocycles. The second kappa shape index (κ2) is 4.68. The van der Waals surface area contributed by atoms with E-state index in [1.54, 1.807) is 24.6 Å². The molecule has 18 heavy (non-hydrogen) atoms. The normalized spacial score (nSPS) is 11.5. The predicted octanol–water partition coefficient (Wildman–Crippen LogP) is 3.87. The highest BCUT2D eigenvalue weighted by molar-refractivity contribution is 5.84. The van der Waals surface area contributed by atoms with Gasteiger partial charge in [0.15, 0.2) is 5.75 Å². The van der Waals surface area contributed by atoms with Crippen molar-refractivity contribution in [1.29, 1.82) is 0 Å². The lowest BCUT2D eigenvalue weighted by atomic mass is 10.1. The van der Waals surface area contributed by atoms with Crippen molar-refractivity contribution in [2.75, 3.05) is 0 Å². The number of aromatic nitrogens is 1. The van der Waals surface area contributed by atoms with Crippen molar-refractivity contribution in [2.24, 2.45) is 0 Å². The van der Waals surface area contributed by atoms with Gasteiger partial charge in [0.2, 0.25) is 0 Å². The summed E-state index contributed by atoms with van der Waals surface area (Å²) < 4.78 is 40.7. The number of nitrogens with zero attached hydrogens (tertiary/aromatic N) is 1. The number of hydrogen-bond acceptors (Lipinski definition) is 2. The Morgan fingerprint density at radius 3 is 2.61 bits per heavy atom. The number of pyridine rings is 1. The predicted molar refractivity (Wildman–Crippen MR) is 62.0 cm³/mol. The van der Waals surface area contributed by atoms with Crippen LogP contribution in [0.2, 0.25) is 0 Å². The molecule has 0 N–H and O–H groups in total. The van der Waals surface area contributed by atoms with E-state index in [0.717, 1.165) is 0 Å². The quantitative estimate of drug-likeness (QED) is 0.827. The van der Waals surface area contributed by atoms with Crippen molar-refractivity contribution >= 4 is 10.9 Å². The topological polar surface area (TPSA) is 22.1 Å². The fourth-order valence-electron chi connectivity index (χ4n) is 1.56. The molecule has 2 aromatic rings. The van der Waals surface area contributed by atoms with E-state index in [2.05, 4.69) is 16.3 Å². The number of alkyl halides is 3. The van der Waals surface area contributed by atoms with Gasteiger partial charge in [0.05, 0.1) is 0 Å². The molecule has 0 saturated heterocycles. The molecule has 1 aromatic heterocycles. The molecule has 0 aliphatic carbocycles. The van der Waals surface area contributed by atoms with Gasteiger partial charge in [-0.3, -0.25) is 0 Å². The van der Waals surface area contributed by atoms with Crippen molar-refractivity contribution in [3.8, 4) is 5.75 Å². The molecule has 0 aliphatic rings. The Kier molecular flexibility index (Phi) is 3.23. The number of allylic oxidation sites excluding steroid dienone is 1. The first-order valence-corrected chi connectivity index (χ1v) is 5.11. The van der Waals surface area contributed by atoms with Gasteiger partial charge in [-0.25, -0.2) is 4.98 Å². The third-order valence-corrected chi connectivity index (χ3v) is 2.22. The highest BCUT2D eigenvalue weighted by Crippen LogP contribution is 2.29. The van der Waals surface area contributed by atoms with Crippen LogP contribution in [0.3, 0.4) is 0 Å². The van der Waals surface area contributed by atoms with E-state index in [-0.39, 0.29) is 11.3 Å². The Labute approximate surface area is 102 Å². The van der Waals surface area contributed by atoms with E-state index < -0.39 is 6.36 Å². The van der Waals surface area contributed by atoms with Crippen LogP contribution in [0.15, 0.2) is 43.0 Å². The van der Waals surface area contributed by atoms with Crippen LogP contribution in [-0.2, 0) is 0 Å². The second-order valence-corrected chi connectivity index (χ2v) is 3.51. The van der Waals surface area contributed by atoms with Crippen molar-refractivity contribution in [3.05, 3.63) is 55.1 Å². The van der Waals surface area contributed by atoms with Crippen LogP contribution >= 0.6 is 0 Å². The lowest BCUT2D eigenvalue weighted by Gasteiger charge is -2.11. The second-order valence-electron chi connectivity index (χ2n) is 3.51.